The summed E-state index contributed by atoms with van der Waals surface area (Å²) in [6, 6.07) is 8.30. The van der Waals surface area contributed by atoms with Crippen molar-refractivity contribution in [1.29, 1.82) is 0 Å². The molecule has 0 aromatic carbocycles. The second kappa shape index (κ2) is 5.15. The lowest BCUT2D eigenvalue weighted by Crippen LogP contribution is -2.02. The summed E-state index contributed by atoms with van der Waals surface area (Å²) in [6.45, 7) is 4.39. The van der Waals surface area contributed by atoms with E-state index in [1.54, 1.807) is 0 Å². The summed E-state index contributed by atoms with van der Waals surface area (Å²) in [5.74, 6) is 0.956. The Hall–Kier alpha value is -1.61. The van der Waals surface area contributed by atoms with Gasteiger partial charge >= 0.3 is 0 Å². The molecule has 2 aromatic rings. The van der Waals surface area contributed by atoms with Gasteiger partial charge in [0, 0.05) is 24.2 Å². The van der Waals surface area contributed by atoms with E-state index in [9.17, 15) is 0 Å². The first-order chi connectivity index (χ1) is 8.22. The largest absolute Gasteiger partial charge is 0.396 e. The number of nitrogens with zero attached hydrogens (tertiary/aromatic N) is 2. The quantitative estimate of drug-likeness (QED) is 0.876. The van der Waals surface area contributed by atoms with E-state index in [2.05, 4.69) is 41.6 Å². The Morgan fingerprint density at radius 1 is 1.12 bits per heavy atom. The first kappa shape index (κ1) is 11.9. The summed E-state index contributed by atoms with van der Waals surface area (Å²) in [4.78, 5) is 4.48. The molecular weight excluding hydrogens is 212 g/mol. The minimum absolute atomic E-state index is 0.234. The average Bonchev–Trinajstić information content (AvgIpc) is 2.67. The molecule has 0 radical (unpaired) electrons. The fourth-order valence-electron chi connectivity index (χ4n) is 2.01. The molecule has 0 aliphatic rings. The highest BCUT2D eigenvalue weighted by Crippen LogP contribution is 2.14. The molecule has 0 atom stereocenters. The first-order valence-corrected chi connectivity index (χ1v) is 5.93. The maximum Gasteiger partial charge on any atom is 0.136 e. The van der Waals surface area contributed by atoms with Gasteiger partial charge in [-0.1, -0.05) is 6.07 Å². The van der Waals surface area contributed by atoms with Crippen LogP contribution in [0.3, 0.4) is 0 Å². The third-order valence-electron chi connectivity index (χ3n) is 2.93. The molecule has 0 amide bonds. The molecule has 2 aromatic heterocycles. The fourth-order valence-corrected chi connectivity index (χ4v) is 2.01. The van der Waals surface area contributed by atoms with Crippen LogP contribution in [0.4, 0.5) is 0 Å². The van der Waals surface area contributed by atoms with Gasteiger partial charge in [-0.05, 0) is 50.5 Å². The van der Waals surface area contributed by atoms with Crippen molar-refractivity contribution in [3.05, 3.63) is 47.4 Å². The Balaban J connectivity index is 2.23. The van der Waals surface area contributed by atoms with Gasteiger partial charge in [-0.15, -0.1) is 0 Å². The Morgan fingerprint density at radius 3 is 2.35 bits per heavy atom. The van der Waals surface area contributed by atoms with Crippen LogP contribution < -0.4 is 0 Å². The van der Waals surface area contributed by atoms with Crippen LogP contribution in [0.5, 0.6) is 0 Å². The van der Waals surface area contributed by atoms with E-state index in [0.717, 1.165) is 18.7 Å². The topological polar surface area (TPSA) is 38.0 Å². The van der Waals surface area contributed by atoms with Crippen molar-refractivity contribution in [2.45, 2.75) is 26.7 Å². The van der Waals surface area contributed by atoms with Gasteiger partial charge < -0.3 is 9.67 Å². The standard InChI is InChI=1S/C14H18N2O/c1-11-5-6-12(2)16(11)14-8-7-13(10-15-14)4-3-9-17/h5-8,10,17H,3-4,9H2,1-2H3. The molecular formula is C14H18N2O. The molecule has 0 saturated heterocycles. The fraction of sp³-hybridized carbons (Fsp3) is 0.357. The predicted octanol–water partition coefficient (Wildman–Crippen LogP) is 2.41. The molecule has 0 spiro atoms. The van der Waals surface area contributed by atoms with Crippen LogP contribution >= 0.6 is 0 Å². The lowest BCUT2D eigenvalue weighted by Gasteiger charge is -2.08. The summed E-state index contributed by atoms with van der Waals surface area (Å²) in [6.07, 6.45) is 3.57. The van der Waals surface area contributed by atoms with Crippen LogP contribution in [0.25, 0.3) is 5.82 Å². The third kappa shape index (κ3) is 2.56. The lowest BCUT2D eigenvalue weighted by atomic mass is 10.2. The Bertz CT molecular complexity index is 466. The predicted molar refractivity (Wildman–Crippen MR) is 68.4 cm³/mol. The molecule has 0 aliphatic carbocycles. The van der Waals surface area contributed by atoms with Crippen LogP contribution in [0.15, 0.2) is 30.5 Å². The van der Waals surface area contributed by atoms with Crippen LogP contribution in [0.2, 0.25) is 0 Å². The van der Waals surface area contributed by atoms with Crippen LogP contribution in [-0.2, 0) is 6.42 Å². The normalized spacial score (nSPS) is 10.8. The smallest absolute Gasteiger partial charge is 0.136 e. The number of pyridine rings is 1. The number of aliphatic hydroxyl groups excluding tert-OH is 1. The number of hydrogen-bond acceptors (Lipinski definition) is 2. The van der Waals surface area contributed by atoms with E-state index in [1.807, 2.05) is 12.3 Å². The van der Waals surface area contributed by atoms with E-state index >= 15 is 0 Å². The number of aromatic nitrogens is 2. The van der Waals surface area contributed by atoms with Gasteiger partial charge in [0.1, 0.15) is 5.82 Å². The van der Waals surface area contributed by atoms with E-state index in [1.165, 1.54) is 17.0 Å². The maximum absolute atomic E-state index is 8.78. The van der Waals surface area contributed by atoms with Gasteiger partial charge in [0.15, 0.2) is 0 Å². The minimum Gasteiger partial charge on any atom is -0.396 e. The molecule has 2 heterocycles. The molecule has 0 saturated carbocycles. The van der Waals surface area contributed by atoms with Crippen molar-refractivity contribution >= 4 is 0 Å². The van der Waals surface area contributed by atoms with E-state index in [4.69, 9.17) is 5.11 Å². The molecule has 1 N–H and O–H groups in total. The van der Waals surface area contributed by atoms with Crippen molar-refractivity contribution in [3.8, 4) is 5.82 Å². The summed E-state index contributed by atoms with van der Waals surface area (Å²) in [5, 5.41) is 8.78. The van der Waals surface area contributed by atoms with Crippen LogP contribution in [0, 0.1) is 13.8 Å². The van der Waals surface area contributed by atoms with Crippen molar-refractivity contribution in [2.24, 2.45) is 0 Å². The molecule has 17 heavy (non-hydrogen) atoms. The van der Waals surface area contributed by atoms with Crippen molar-refractivity contribution in [2.75, 3.05) is 6.61 Å². The molecule has 3 nitrogen and oxygen atoms in total. The second-order valence-electron chi connectivity index (χ2n) is 4.30. The van der Waals surface area contributed by atoms with Gasteiger partial charge in [0.05, 0.1) is 0 Å². The number of aryl methyl sites for hydroxylation is 3. The maximum atomic E-state index is 8.78. The van der Waals surface area contributed by atoms with Gasteiger partial charge in [-0.25, -0.2) is 4.98 Å². The molecule has 0 aliphatic heterocycles. The SMILES string of the molecule is Cc1ccc(C)n1-c1ccc(CCCO)cn1. The van der Waals surface area contributed by atoms with Gasteiger partial charge in [0.2, 0.25) is 0 Å². The summed E-state index contributed by atoms with van der Waals surface area (Å²) in [7, 11) is 0. The summed E-state index contributed by atoms with van der Waals surface area (Å²) in [5.41, 5.74) is 3.56. The Morgan fingerprint density at radius 2 is 1.82 bits per heavy atom. The van der Waals surface area contributed by atoms with E-state index in [-0.39, 0.29) is 6.61 Å². The summed E-state index contributed by atoms with van der Waals surface area (Å²) < 4.78 is 2.13. The van der Waals surface area contributed by atoms with Gasteiger partial charge in [0.25, 0.3) is 0 Å². The minimum atomic E-state index is 0.234. The Labute approximate surface area is 102 Å². The average molecular weight is 230 g/mol. The Kier molecular flexibility index (Phi) is 3.59. The molecule has 3 heteroatoms. The van der Waals surface area contributed by atoms with Crippen LogP contribution in [0.1, 0.15) is 23.4 Å². The zero-order valence-corrected chi connectivity index (χ0v) is 10.3. The highest BCUT2D eigenvalue weighted by molar-refractivity contribution is 5.32. The van der Waals surface area contributed by atoms with Crippen LogP contribution in [-0.4, -0.2) is 21.3 Å². The van der Waals surface area contributed by atoms with E-state index < -0.39 is 0 Å². The number of rotatable bonds is 4. The van der Waals surface area contributed by atoms with Crippen molar-refractivity contribution in [3.63, 3.8) is 0 Å². The number of hydrogen-bond donors (Lipinski definition) is 1. The van der Waals surface area contributed by atoms with Crippen molar-refractivity contribution < 1.29 is 5.11 Å². The highest BCUT2D eigenvalue weighted by Gasteiger charge is 2.04. The molecule has 0 bridgehead atoms. The molecule has 0 fully saturated rings. The van der Waals surface area contributed by atoms with Gasteiger partial charge in [-0.2, -0.15) is 0 Å². The zero-order valence-electron chi connectivity index (χ0n) is 10.3. The van der Waals surface area contributed by atoms with Crippen molar-refractivity contribution in [1.82, 2.24) is 9.55 Å². The highest BCUT2D eigenvalue weighted by atomic mass is 16.2. The molecule has 0 unspecified atom stereocenters. The van der Waals surface area contributed by atoms with Gasteiger partial charge in [-0.3, -0.25) is 0 Å². The lowest BCUT2D eigenvalue weighted by molar-refractivity contribution is 0.288. The monoisotopic (exact) mass is 230 g/mol. The zero-order chi connectivity index (χ0) is 12.3. The third-order valence-corrected chi connectivity index (χ3v) is 2.93. The molecule has 90 valence electrons. The first-order valence-electron chi connectivity index (χ1n) is 5.93. The van der Waals surface area contributed by atoms with E-state index in [0.29, 0.717) is 0 Å². The molecule has 2 rings (SSSR count). The second-order valence-corrected chi connectivity index (χ2v) is 4.30. The summed E-state index contributed by atoms with van der Waals surface area (Å²) >= 11 is 0. The number of aliphatic hydroxyl groups is 1.